The highest BCUT2D eigenvalue weighted by Gasteiger charge is 2.37. The Morgan fingerprint density at radius 3 is 2.79 bits per heavy atom. The van der Waals surface area contributed by atoms with Crippen LogP contribution in [0.15, 0.2) is 0 Å². The summed E-state index contributed by atoms with van der Waals surface area (Å²) in [6.45, 7) is 10.0. The minimum atomic E-state index is 0.368. The van der Waals surface area contributed by atoms with Crippen LogP contribution in [-0.2, 0) is 9.47 Å². The number of rotatable bonds is 4. The molecule has 3 atom stereocenters. The lowest BCUT2D eigenvalue weighted by atomic mass is 9.88. The fourth-order valence-electron chi connectivity index (χ4n) is 3.11. The van der Waals surface area contributed by atoms with Crippen molar-refractivity contribution in [1.82, 2.24) is 4.90 Å². The molecule has 0 radical (unpaired) electrons. The molecule has 0 aromatic carbocycles. The molecular formula is C15H29NO2S. The van der Waals surface area contributed by atoms with Crippen molar-refractivity contribution in [2.75, 3.05) is 32.6 Å². The van der Waals surface area contributed by atoms with Crippen LogP contribution in [0.3, 0.4) is 0 Å². The summed E-state index contributed by atoms with van der Waals surface area (Å²) in [5, 5.41) is 0. The first-order valence-corrected chi connectivity index (χ1v) is 8.50. The number of hydrogen-bond acceptors (Lipinski definition) is 4. The SMILES string of the molecule is CO[C@@H]1CC[C@H]2OCCN(CCSC(C)(C)C)[C@H]2C1. The van der Waals surface area contributed by atoms with Crippen LogP contribution < -0.4 is 0 Å². The molecule has 0 amide bonds. The summed E-state index contributed by atoms with van der Waals surface area (Å²) >= 11 is 2.06. The molecule has 1 saturated carbocycles. The van der Waals surface area contributed by atoms with Gasteiger partial charge in [0.1, 0.15) is 0 Å². The van der Waals surface area contributed by atoms with Crippen LogP contribution in [0, 0.1) is 0 Å². The van der Waals surface area contributed by atoms with Gasteiger partial charge in [0, 0.05) is 36.7 Å². The zero-order chi connectivity index (χ0) is 13.9. The predicted molar refractivity (Wildman–Crippen MR) is 82.0 cm³/mol. The van der Waals surface area contributed by atoms with Gasteiger partial charge in [0.15, 0.2) is 0 Å². The molecule has 1 heterocycles. The fourth-order valence-corrected chi connectivity index (χ4v) is 4.05. The first-order chi connectivity index (χ1) is 8.99. The predicted octanol–water partition coefficient (Wildman–Crippen LogP) is 2.79. The van der Waals surface area contributed by atoms with Crippen LogP contribution in [-0.4, -0.2) is 60.5 Å². The molecule has 1 aliphatic carbocycles. The molecule has 2 fully saturated rings. The van der Waals surface area contributed by atoms with Crippen molar-refractivity contribution in [1.29, 1.82) is 0 Å². The molecule has 112 valence electrons. The van der Waals surface area contributed by atoms with Crippen molar-refractivity contribution in [3.05, 3.63) is 0 Å². The van der Waals surface area contributed by atoms with E-state index in [4.69, 9.17) is 9.47 Å². The summed E-state index contributed by atoms with van der Waals surface area (Å²) in [7, 11) is 1.84. The maximum Gasteiger partial charge on any atom is 0.0732 e. The molecular weight excluding hydrogens is 258 g/mol. The summed E-state index contributed by atoms with van der Waals surface area (Å²) in [6.07, 6.45) is 4.33. The molecule has 2 rings (SSSR count). The summed E-state index contributed by atoms with van der Waals surface area (Å²) in [5.74, 6) is 1.21. The monoisotopic (exact) mass is 287 g/mol. The molecule has 19 heavy (non-hydrogen) atoms. The van der Waals surface area contributed by atoms with E-state index in [0.717, 1.165) is 32.4 Å². The van der Waals surface area contributed by atoms with Crippen LogP contribution >= 0.6 is 11.8 Å². The van der Waals surface area contributed by atoms with E-state index in [1.165, 1.54) is 12.3 Å². The number of fused-ring (bicyclic) bond motifs is 1. The van der Waals surface area contributed by atoms with E-state index in [1.807, 2.05) is 7.11 Å². The molecule has 0 N–H and O–H groups in total. The second-order valence-electron chi connectivity index (χ2n) is 6.64. The van der Waals surface area contributed by atoms with Gasteiger partial charge in [0.2, 0.25) is 0 Å². The summed E-state index contributed by atoms with van der Waals surface area (Å²) < 4.78 is 11.9. The molecule has 3 nitrogen and oxygen atoms in total. The highest BCUT2D eigenvalue weighted by atomic mass is 32.2. The van der Waals surface area contributed by atoms with Gasteiger partial charge in [-0.25, -0.2) is 0 Å². The van der Waals surface area contributed by atoms with Crippen LogP contribution in [0.25, 0.3) is 0 Å². The number of thioether (sulfide) groups is 1. The third-order valence-corrected chi connectivity index (χ3v) is 5.39. The maximum atomic E-state index is 5.95. The van der Waals surface area contributed by atoms with E-state index in [9.17, 15) is 0 Å². The normalized spacial score (nSPS) is 33.2. The molecule has 0 spiro atoms. The Balaban J connectivity index is 1.84. The minimum absolute atomic E-state index is 0.368. The second kappa shape index (κ2) is 6.79. The minimum Gasteiger partial charge on any atom is -0.381 e. The molecule has 1 aliphatic heterocycles. The van der Waals surface area contributed by atoms with Crippen molar-refractivity contribution in [2.45, 2.75) is 63.0 Å². The topological polar surface area (TPSA) is 21.7 Å². The first-order valence-electron chi connectivity index (χ1n) is 7.52. The molecule has 0 aromatic heterocycles. The van der Waals surface area contributed by atoms with E-state index < -0.39 is 0 Å². The van der Waals surface area contributed by atoms with Gasteiger partial charge in [-0.1, -0.05) is 20.8 Å². The lowest BCUT2D eigenvalue weighted by molar-refractivity contribution is -0.111. The highest BCUT2D eigenvalue weighted by Crippen LogP contribution is 2.31. The van der Waals surface area contributed by atoms with Gasteiger partial charge in [-0.2, -0.15) is 11.8 Å². The standard InChI is InChI=1S/C15H29NO2S/c1-15(2,3)19-10-8-16-7-9-18-14-6-5-12(17-4)11-13(14)16/h12-14H,5-11H2,1-4H3/t12-,13+,14-/m1/s1. The van der Waals surface area contributed by atoms with Gasteiger partial charge >= 0.3 is 0 Å². The van der Waals surface area contributed by atoms with Crippen LogP contribution in [0.4, 0.5) is 0 Å². The van der Waals surface area contributed by atoms with Crippen LogP contribution in [0.1, 0.15) is 40.0 Å². The number of nitrogens with zero attached hydrogens (tertiary/aromatic N) is 1. The van der Waals surface area contributed by atoms with Gasteiger partial charge in [-0.05, 0) is 19.3 Å². The van der Waals surface area contributed by atoms with Crippen molar-refractivity contribution < 1.29 is 9.47 Å². The zero-order valence-electron chi connectivity index (χ0n) is 12.9. The lowest BCUT2D eigenvalue weighted by Crippen LogP contribution is -2.55. The zero-order valence-corrected chi connectivity index (χ0v) is 13.7. The molecule has 1 saturated heterocycles. The summed E-state index contributed by atoms with van der Waals surface area (Å²) in [6, 6.07) is 0.577. The Morgan fingerprint density at radius 2 is 2.11 bits per heavy atom. The Morgan fingerprint density at radius 1 is 1.32 bits per heavy atom. The summed E-state index contributed by atoms with van der Waals surface area (Å²) in [5.41, 5.74) is 0. The number of methoxy groups -OCH3 is 1. The third-order valence-electron chi connectivity index (χ3n) is 4.13. The average Bonchev–Trinajstić information content (AvgIpc) is 2.37. The average molecular weight is 287 g/mol. The van der Waals surface area contributed by atoms with Crippen molar-refractivity contribution in [3.63, 3.8) is 0 Å². The fraction of sp³-hybridized carbons (Fsp3) is 1.00. The van der Waals surface area contributed by atoms with Crippen LogP contribution in [0.2, 0.25) is 0 Å². The van der Waals surface area contributed by atoms with Gasteiger partial charge in [-0.3, -0.25) is 4.90 Å². The van der Waals surface area contributed by atoms with Crippen molar-refractivity contribution >= 4 is 11.8 Å². The molecule has 0 aromatic rings. The molecule has 2 aliphatic rings. The van der Waals surface area contributed by atoms with E-state index in [0.29, 0.717) is 23.0 Å². The van der Waals surface area contributed by atoms with E-state index in [-0.39, 0.29) is 0 Å². The Labute approximate surface area is 122 Å². The number of ether oxygens (including phenoxy) is 2. The van der Waals surface area contributed by atoms with Crippen molar-refractivity contribution in [2.24, 2.45) is 0 Å². The van der Waals surface area contributed by atoms with E-state index >= 15 is 0 Å². The van der Waals surface area contributed by atoms with Gasteiger partial charge in [0.25, 0.3) is 0 Å². The Hall–Kier alpha value is 0.230. The number of hydrogen-bond donors (Lipinski definition) is 0. The Kier molecular flexibility index (Phi) is 5.58. The second-order valence-corrected chi connectivity index (χ2v) is 8.57. The summed E-state index contributed by atoms with van der Waals surface area (Å²) in [4.78, 5) is 2.64. The molecule has 0 bridgehead atoms. The maximum absolute atomic E-state index is 5.95. The van der Waals surface area contributed by atoms with E-state index in [1.54, 1.807) is 0 Å². The smallest absolute Gasteiger partial charge is 0.0732 e. The third kappa shape index (κ3) is 4.62. The van der Waals surface area contributed by atoms with Crippen LogP contribution in [0.5, 0.6) is 0 Å². The van der Waals surface area contributed by atoms with Crippen molar-refractivity contribution in [3.8, 4) is 0 Å². The van der Waals surface area contributed by atoms with Gasteiger partial charge in [-0.15, -0.1) is 0 Å². The quantitative estimate of drug-likeness (QED) is 0.792. The van der Waals surface area contributed by atoms with E-state index in [2.05, 4.69) is 37.4 Å². The highest BCUT2D eigenvalue weighted by molar-refractivity contribution is 8.00. The first kappa shape index (κ1) is 15.6. The Bertz CT molecular complexity index is 280. The van der Waals surface area contributed by atoms with Gasteiger partial charge < -0.3 is 9.47 Å². The lowest BCUT2D eigenvalue weighted by Gasteiger charge is -2.45. The molecule has 4 heteroatoms. The largest absolute Gasteiger partial charge is 0.381 e. The molecule has 0 unspecified atom stereocenters. The number of morpholine rings is 1. The van der Waals surface area contributed by atoms with Gasteiger partial charge in [0.05, 0.1) is 18.8 Å².